The van der Waals surface area contributed by atoms with E-state index in [-0.39, 0.29) is 17.0 Å². The highest BCUT2D eigenvalue weighted by Gasteiger charge is 2.30. The molecule has 2 heterocycles. The van der Waals surface area contributed by atoms with Gasteiger partial charge in [0, 0.05) is 29.0 Å². The molecular weight excluding hydrogens is 575 g/mol. The lowest BCUT2D eigenvalue weighted by atomic mass is 9.96. The average Bonchev–Trinajstić information content (AvgIpc) is 3.55. The van der Waals surface area contributed by atoms with Crippen molar-refractivity contribution in [3.8, 4) is 22.1 Å². The highest BCUT2D eigenvalue weighted by Crippen LogP contribution is 2.39. The first-order chi connectivity index (χ1) is 20.4. The highest BCUT2D eigenvalue weighted by molar-refractivity contribution is 7.89. The minimum absolute atomic E-state index is 0.0568. The van der Waals surface area contributed by atoms with Crippen LogP contribution in [0.4, 0.5) is 4.39 Å². The van der Waals surface area contributed by atoms with Crippen molar-refractivity contribution >= 4 is 28.7 Å². The molecular formula is C31H27FN4O4S2. The van der Waals surface area contributed by atoms with Crippen LogP contribution in [0, 0.1) is 11.7 Å². The van der Waals surface area contributed by atoms with Gasteiger partial charge in [0.25, 0.3) is 0 Å². The summed E-state index contributed by atoms with van der Waals surface area (Å²) in [5.41, 5.74) is 4.47. The summed E-state index contributed by atoms with van der Waals surface area (Å²) in [6, 6.07) is 21.8. The van der Waals surface area contributed by atoms with Gasteiger partial charge in [0.15, 0.2) is 10.6 Å². The third kappa shape index (κ3) is 6.24. The smallest absolute Gasteiger partial charge is 0.355 e. The number of rotatable bonds is 11. The first-order valence-electron chi connectivity index (χ1n) is 13.4. The number of nitrogens with zero attached hydrogens (tertiary/aromatic N) is 3. The van der Waals surface area contributed by atoms with Crippen molar-refractivity contribution in [2.45, 2.75) is 37.2 Å². The summed E-state index contributed by atoms with van der Waals surface area (Å²) in [4.78, 5) is 16.1. The maximum absolute atomic E-state index is 15.3. The van der Waals surface area contributed by atoms with Crippen molar-refractivity contribution in [1.82, 2.24) is 14.8 Å². The lowest BCUT2D eigenvalue weighted by Crippen LogP contribution is -2.13. The summed E-state index contributed by atoms with van der Waals surface area (Å²) < 4.78 is 34.8. The van der Waals surface area contributed by atoms with Crippen molar-refractivity contribution < 1.29 is 23.6 Å². The predicted molar refractivity (Wildman–Crippen MR) is 159 cm³/mol. The van der Waals surface area contributed by atoms with Crippen LogP contribution in [0.5, 0.6) is 5.75 Å². The zero-order valence-electron chi connectivity index (χ0n) is 22.4. The van der Waals surface area contributed by atoms with Gasteiger partial charge in [-0.05, 0) is 54.5 Å². The number of aromatic nitrogens is 3. The molecule has 3 aromatic carbocycles. The van der Waals surface area contributed by atoms with Gasteiger partial charge in [-0.3, -0.25) is 0 Å². The Morgan fingerprint density at radius 1 is 1.14 bits per heavy atom. The molecule has 8 nitrogen and oxygen atoms in total. The van der Waals surface area contributed by atoms with Gasteiger partial charge in [0.05, 0.1) is 22.7 Å². The third-order valence-corrected chi connectivity index (χ3v) is 8.68. The Kier molecular flexibility index (Phi) is 8.07. The molecule has 2 aromatic heterocycles. The molecule has 214 valence electrons. The molecule has 6 rings (SSSR count). The van der Waals surface area contributed by atoms with Gasteiger partial charge in [-0.2, -0.15) is 5.10 Å². The molecule has 1 atom stereocenters. The SMILES string of the molecule is N[S+]([O-])c1ccc(Cc2c(-c3cccc(OCc4ccccc4)c3)nn(-c3nc(C(=O)O)cs3)c2CC2CC2)c(F)c1. The van der Waals surface area contributed by atoms with E-state index in [2.05, 4.69) is 4.98 Å². The average molecular weight is 603 g/mol. The Morgan fingerprint density at radius 2 is 1.95 bits per heavy atom. The number of ether oxygens (including phenoxy) is 1. The molecule has 0 spiro atoms. The first-order valence-corrected chi connectivity index (χ1v) is 15.5. The molecule has 0 aliphatic heterocycles. The lowest BCUT2D eigenvalue weighted by Gasteiger charge is -2.11. The number of nitrogens with two attached hydrogens (primary N) is 1. The molecule has 42 heavy (non-hydrogen) atoms. The van der Waals surface area contributed by atoms with E-state index in [9.17, 15) is 14.5 Å². The van der Waals surface area contributed by atoms with E-state index in [1.54, 1.807) is 16.8 Å². The van der Waals surface area contributed by atoms with Crippen LogP contribution in [0.2, 0.25) is 0 Å². The minimum atomic E-state index is -1.80. The molecule has 1 fully saturated rings. The Balaban J connectivity index is 1.44. The van der Waals surface area contributed by atoms with Crippen molar-refractivity contribution in [2.75, 3.05) is 0 Å². The number of aromatic carboxylic acids is 1. The number of benzene rings is 3. The predicted octanol–water partition coefficient (Wildman–Crippen LogP) is 5.94. The van der Waals surface area contributed by atoms with Crippen LogP contribution in [0.15, 0.2) is 83.1 Å². The Morgan fingerprint density at radius 3 is 2.64 bits per heavy atom. The van der Waals surface area contributed by atoms with Gasteiger partial charge in [-0.1, -0.05) is 48.5 Å². The maximum atomic E-state index is 15.3. The summed E-state index contributed by atoms with van der Waals surface area (Å²) in [5, 5.41) is 21.8. The quantitative estimate of drug-likeness (QED) is 0.179. The number of carboxylic acids is 1. The van der Waals surface area contributed by atoms with E-state index in [0.29, 0.717) is 41.1 Å². The van der Waals surface area contributed by atoms with Crippen LogP contribution in [0.3, 0.4) is 0 Å². The van der Waals surface area contributed by atoms with E-state index in [1.807, 2.05) is 54.6 Å². The zero-order chi connectivity index (χ0) is 29.2. The number of thiazole rings is 1. The van der Waals surface area contributed by atoms with Crippen molar-refractivity contribution in [3.05, 3.63) is 112 Å². The van der Waals surface area contributed by atoms with Crippen molar-refractivity contribution in [2.24, 2.45) is 11.1 Å². The zero-order valence-corrected chi connectivity index (χ0v) is 24.0. The standard InChI is InChI=1S/C31H27FN4O4S2/c32-26-16-24(42(33)39)12-11-21(26)15-25-28(13-19-9-10-19)36(31-34-27(18-41-31)30(37)38)35-29(25)22-7-4-8-23(14-22)40-17-20-5-2-1-3-6-20/h1-8,11-12,14,16,18-19H,9-10,13,15,17,33H2,(H,37,38). The molecule has 3 N–H and O–H groups in total. The third-order valence-electron chi connectivity index (χ3n) is 7.14. The van der Waals surface area contributed by atoms with E-state index in [4.69, 9.17) is 15.0 Å². The van der Waals surface area contributed by atoms with Crippen LogP contribution in [-0.2, 0) is 30.8 Å². The topological polar surface area (TPSA) is 126 Å². The second-order valence-corrected chi connectivity index (χ2v) is 12.1. The second-order valence-electron chi connectivity index (χ2n) is 10.2. The van der Waals surface area contributed by atoms with E-state index in [1.165, 1.54) is 22.8 Å². The maximum Gasteiger partial charge on any atom is 0.355 e. The fourth-order valence-corrected chi connectivity index (χ4v) is 5.98. The molecule has 0 amide bonds. The van der Waals surface area contributed by atoms with Crippen molar-refractivity contribution in [1.29, 1.82) is 0 Å². The number of carbonyl (C=O) groups is 1. The van der Waals surface area contributed by atoms with E-state index >= 15 is 4.39 Å². The normalized spacial score (nSPS) is 13.7. The summed E-state index contributed by atoms with van der Waals surface area (Å²) in [5.74, 6) is -0.511. The van der Waals surface area contributed by atoms with Gasteiger partial charge >= 0.3 is 5.97 Å². The first kappa shape index (κ1) is 28.1. The number of hydrogen-bond donors (Lipinski definition) is 2. The van der Waals surface area contributed by atoms with Gasteiger partial charge < -0.3 is 14.4 Å². The summed E-state index contributed by atoms with van der Waals surface area (Å²) in [6.45, 7) is 0.398. The molecule has 1 aliphatic carbocycles. The van der Waals surface area contributed by atoms with Crippen LogP contribution >= 0.6 is 11.3 Å². The van der Waals surface area contributed by atoms with Crippen LogP contribution in [-0.4, -0.2) is 30.4 Å². The molecule has 1 unspecified atom stereocenters. The summed E-state index contributed by atoms with van der Waals surface area (Å²) in [6.07, 6.45) is 3.06. The van der Waals surface area contributed by atoms with Crippen LogP contribution < -0.4 is 9.88 Å². The molecule has 0 bridgehead atoms. The summed E-state index contributed by atoms with van der Waals surface area (Å²) in [7, 11) is 0. The fraction of sp³-hybridized carbons (Fsp3) is 0.194. The Bertz CT molecular complexity index is 1730. The number of hydrogen-bond acceptors (Lipinski definition) is 7. The second kappa shape index (κ2) is 12.1. The number of halogens is 1. The van der Waals surface area contributed by atoms with Gasteiger partial charge in [0.1, 0.15) is 18.2 Å². The van der Waals surface area contributed by atoms with Crippen LogP contribution in [0.25, 0.3) is 16.4 Å². The summed E-state index contributed by atoms with van der Waals surface area (Å²) >= 11 is -0.603. The van der Waals surface area contributed by atoms with Gasteiger partial charge in [-0.25, -0.2) is 18.9 Å². The Hall–Kier alpha value is -4.03. The van der Waals surface area contributed by atoms with Crippen molar-refractivity contribution in [3.63, 3.8) is 0 Å². The highest BCUT2D eigenvalue weighted by atomic mass is 32.2. The molecule has 0 radical (unpaired) electrons. The Labute approximate surface area is 248 Å². The molecule has 11 heteroatoms. The van der Waals surface area contributed by atoms with Crippen LogP contribution in [0.1, 0.15) is 45.7 Å². The minimum Gasteiger partial charge on any atom is -0.593 e. The van der Waals surface area contributed by atoms with E-state index in [0.717, 1.165) is 35.2 Å². The molecule has 0 saturated heterocycles. The molecule has 1 aliphatic rings. The lowest BCUT2D eigenvalue weighted by molar-refractivity contribution is 0.0691. The van der Waals surface area contributed by atoms with Gasteiger partial charge in [-0.15, -0.1) is 16.5 Å². The number of carboxylic acid groups (broad SMARTS) is 1. The monoisotopic (exact) mass is 602 g/mol. The fourth-order valence-electron chi connectivity index (χ4n) is 4.79. The molecule has 5 aromatic rings. The largest absolute Gasteiger partial charge is 0.593 e. The molecule has 1 saturated carbocycles. The van der Waals surface area contributed by atoms with Gasteiger partial charge in [0.2, 0.25) is 5.13 Å². The van der Waals surface area contributed by atoms with E-state index < -0.39 is 23.1 Å².